The number of anilines is 1. The molecule has 5 nitrogen and oxygen atoms in total. The Morgan fingerprint density at radius 3 is 2.83 bits per heavy atom. The van der Waals surface area contributed by atoms with Crippen molar-refractivity contribution < 1.29 is 14.3 Å². The lowest BCUT2D eigenvalue weighted by Crippen LogP contribution is -2.15. The van der Waals surface area contributed by atoms with E-state index in [1.807, 2.05) is 38.2 Å². The fraction of sp³-hybridized carbons (Fsp3) is 0.444. The molecule has 2 aromatic rings. The highest BCUT2D eigenvalue weighted by atomic mass is 32.1. The van der Waals surface area contributed by atoms with Crippen LogP contribution >= 0.6 is 11.3 Å². The molecule has 1 N–H and O–H groups in total. The third-order valence-corrected chi connectivity index (χ3v) is 4.94. The number of nitrogens with zero attached hydrogens (tertiary/aromatic N) is 1. The van der Waals surface area contributed by atoms with Crippen molar-refractivity contribution in [2.24, 2.45) is 0 Å². The maximum atomic E-state index is 12.6. The van der Waals surface area contributed by atoms with Gasteiger partial charge in [0.1, 0.15) is 5.75 Å². The van der Waals surface area contributed by atoms with Gasteiger partial charge in [-0.05, 0) is 44.7 Å². The minimum Gasteiger partial charge on any atom is -0.490 e. The quantitative estimate of drug-likeness (QED) is 0.886. The highest BCUT2D eigenvalue weighted by Gasteiger charge is 2.20. The highest BCUT2D eigenvalue weighted by molar-refractivity contribution is 7.15. The monoisotopic (exact) mass is 346 g/mol. The molecular weight excluding hydrogens is 324 g/mol. The number of hydrogen-bond acceptors (Lipinski definition) is 5. The number of carbonyl (C=O) groups is 1. The molecule has 24 heavy (non-hydrogen) atoms. The Morgan fingerprint density at radius 2 is 2.08 bits per heavy atom. The number of rotatable bonds is 5. The molecule has 0 aliphatic carbocycles. The third-order valence-electron chi connectivity index (χ3n) is 3.86. The van der Waals surface area contributed by atoms with Gasteiger partial charge >= 0.3 is 0 Å². The largest absolute Gasteiger partial charge is 0.490 e. The number of amides is 1. The number of para-hydroxylation sites is 1. The second-order valence-corrected chi connectivity index (χ2v) is 7.13. The molecule has 3 rings (SSSR count). The van der Waals surface area contributed by atoms with E-state index in [0.717, 1.165) is 26.1 Å². The molecule has 2 heterocycles. The van der Waals surface area contributed by atoms with Crippen molar-refractivity contribution in [3.05, 3.63) is 40.9 Å². The molecule has 1 aromatic carbocycles. The standard InChI is InChI=1S/C18H22N2O3S/c1-12(2)23-15-6-4-3-5-14(15)17(21)20-18-19-11-16(24-18)13-7-9-22-10-8-13/h3-6,11-13H,7-10H2,1-2H3,(H,19,20,21). The predicted molar refractivity (Wildman–Crippen MR) is 95.1 cm³/mol. The smallest absolute Gasteiger partial charge is 0.261 e. The Morgan fingerprint density at radius 1 is 1.33 bits per heavy atom. The van der Waals surface area contributed by atoms with E-state index in [1.54, 1.807) is 17.4 Å². The Balaban J connectivity index is 1.70. The lowest BCUT2D eigenvalue weighted by atomic mass is 9.99. The summed E-state index contributed by atoms with van der Waals surface area (Å²) >= 11 is 1.54. The molecule has 6 heteroatoms. The van der Waals surface area contributed by atoms with E-state index in [0.29, 0.717) is 22.4 Å². The number of nitrogens with one attached hydrogen (secondary N) is 1. The zero-order valence-electron chi connectivity index (χ0n) is 14.0. The van der Waals surface area contributed by atoms with Crippen LogP contribution in [0.2, 0.25) is 0 Å². The van der Waals surface area contributed by atoms with Gasteiger partial charge in [-0.3, -0.25) is 10.1 Å². The minimum absolute atomic E-state index is 0.0129. The van der Waals surface area contributed by atoms with Crippen LogP contribution in [0.1, 0.15) is 47.8 Å². The number of aromatic nitrogens is 1. The summed E-state index contributed by atoms with van der Waals surface area (Å²) in [6.45, 7) is 5.47. The summed E-state index contributed by atoms with van der Waals surface area (Å²) in [5.74, 6) is 0.879. The lowest BCUT2D eigenvalue weighted by Gasteiger charge is -2.20. The lowest BCUT2D eigenvalue weighted by molar-refractivity contribution is 0.0859. The molecule has 0 radical (unpaired) electrons. The minimum atomic E-state index is -0.195. The van der Waals surface area contributed by atoms with Crippen LogP contribution < -0.4 is 10.1 Å². The van der Waals surface area contributed by atoms with Gasteiger partial charge in [0.05, 0.1) is 11.7 Å². The molecule has 0 saturated carbocycles. The Labute approximate surface area is 146 Å². The molecule has 1 aromatic heterocycles. The van der Waals surface area contributed by atoms with Crippen molar-refractivity contribution >= 4 is 22.4 Å². The number of benzene rings is 1. The summed E-state index contributed by atoms with van der Waals surface area (Å²) in [6, 6.07) is 7.27. The van der Waals surface area contributed by atoms with Crippen LogP contribution in [0.4, 0.5) is 5.13 Å². The molecule has 128 valence electrons. The Bertz CT molecular complexity index is 693. The van der Waals surface area contributed by atoms with Gasteiger partial charge in [-0.25, -0.2) is 4.98 Å². The molecule has 0 bridgehead atoms. The van der Waals surface area contributed by atoms with Crippen molar-refractivity contribution in [2.45, 2.75) is 38.7 Å². The molecule has 1 fully saturated rings. The summed E-state index contributed by atoms with van der Waals surface area (Å²) in [6.07, 6.45) is 3.91. The molecule has 0 atom stereocenters. The maximum absolute atomic E-state index is 12.6. The van der Waals surface area contributed by atoms with E-state index in [-0.39, 0.29) is 12.0 Å². The molecule has 1 saturated heterocycles. The highest BCUT2D eigenvalue weighted by Crippen LogP contribution is 2.33. The van der Waals surface area contributed by atoms with E-state index >= 15 is 0 Å². The van der Waals surface area contributed by atoms with Crippen LogP contribution in [0, 0.1) is 0 Å². The van der Waals surface area contributed by atoms with E-state index in [1.165, 1.54) is 4.88 Å². The van der Waals surface area contributed by atoms with Crippen LogP contribution in [-0.4, -0.2) is 30.2 Å². The molecule has 0 spiro atoms. The van der Waals surface area contributed by atoms with Gasteiger partial charge in [0, 0.05) is 24.3 Å². The van der Waals surface area contributed by atoms with E-state index in [2.05, 4.69) is 10.3 Å². The predicted octanol–water partition coefficient (Wildman–Crippen LogP) is 4.08. The van der Waals surface area contributed by atoms with Crippen molar-refractivity contribution in [1.29, 1.82) is 0 Å². The maximum Gasteiger partial charge on any atom is 0.261 e. The Hall–Kier alpha value is -1.92. The number of thiazole rings is 1. The zero-order valence-corrected chi connectivity index (χ0v) is 14.8. The van der Waals surface area contributed by atoms with Gasteiger partial charge in [0.25, 0.3) is 5.91 Å². The molecule has 0 unspecified atom stereocenters. The van der Waals surface area contributed by atoms with E-state index < -0.39 is 0 Å². The second-order valence-electron chi connectivity index (χ2n) is 6.07. The van der Waals surface area contributed by atoms with E-state index in [9.17, 15) is 4.79 Å². The SMILES string of the molecule is CC(C)Oc1ccccc1C(=O)Nc1ncc(C2CCOCC2)s1. The van der Waals surface area contributed by atoms with Crippen LogP contribution in [0.5, 0.6) is 5.75 Å². The number of ether oxygens (including phenoxy) is 2. The second kappa shape index (κ2) is 7.77. The van der Waals surface area contributed by atoms with Crippen molar-refractivity contribution in [1.82, 2.24) is 4.98 Å². The van der Waals surface area contributed by atoms with Gasteiger partial charge in [0.2, 0.25) is 0 Å². The summed E-state index contributed by atoms with van der Waals surface area (Å²) in [4.78, 5) is 18.1. The van der Waals surface area contributed by atoms with E-state index in [4.69, 9.17) is 9.47 Å². The molecule has 1 amide bonds. The van der Waals surface area contributed by atoms with Crippen LogP contribution in [-0.2, 0) is 4.74 Å². The summed E-state index contributed by atoms with van der Waals surface area (Å²) < 4.78 is 11.1. The average molecular weight is 346 g/mol. The van der Waals surface area contributed by atoms with Gasteiger partial charge in [-0.1, -0.05) is 12.1 Å². The first-order valence-electron chi connectivity index (χ1n) is 8.24. The topological polar surface area (TPSA) is 60.5 Å². The number of carbonyl (C=O) groups excluding carboxylic acids is 1. The first kappa shape index (κ1) is 16.9. The zero-order chi connectivity index (χ0) is 16.9. The van der Waals surface area contributed by atoms with Gasteiger partial charge in [-0.2, -0.15) is 0 Å². The van der Waals surface area contributed by atoms with Crippen LogP contribution in [0.3, 0.4) is 0 Å². The fourth-order valence-corrected chi connectivity index (χ4v) is 3.67. The molecule has 1 aliphatic heterocycles. The molecule has 1 aliphatic rings. The van der Waals surface area contributed by atoms with Crippen molar-refractivity contribution in [3.63, 3.8) is 0 Å². The van der Waals surface area contributed by atoms with Crippen molar-refractivity contribution in [2.75, 3.05) is 18.5 Å². The molecular formula is C18H22N2O3S. The van der Waals surface area contributed by atoms with Gasteiger partial charge in [0.15, 0.2) is 5.13 Å². The van der Waals surface area contributed by atoms with Gasteiger partial charge in [-0.15, -0.1) is 11.3 Å². The van der Waals surface area contributed by atoms with Gasteiger partial charge < -0.3 is 9.47 Å². The van der Waals surface area contributed by atoms with Crippen molar-refractivity contribution in [3.8, 4) is 5.75 Å². The number of hydrogen-bond donors (Lipinski definition) is 1. The summed E-state index contributed by atoms with van der Waals surface area (Å²) in [5.41, 5.74) is 0.522. The first-order chi connectivity index (χ1) is 11.6. The first-order valence-corrected chi connectivity index (χ1v) is 9.05. The van der Waals surface area contributed by atoms with Crippen LogP contribution in [0.25, 0.3) is 0 Å². The fourth-order valence-electron chi connectivity index (χ4n) is 2.69. The third kappa shape index (κ3) is 4.13. The summed E-state index contributed by atoms with van der Waals surface area (Å²) in [5, 5.41) is 3.51. The average Bonchev–Trinajstić information content (AvgIpc) is 3.04. The Kier molecular flexibility index (Phi) is 5.48. The normalized spacial score (nSPS) is 15.5. The van der Waals surface area contributed by atoms with Crippen LogP contribution in [0.15, 0.2) is 30.5 Å². The summed E-state index contributed by atoms with van der Waals surface area (Å²) in [7, 11) is 0.